The number of hydrogen-bond donors (Lipinski definition) is 2. The minimum Gasteiger partial charge on any atom is -0.337 e. The monoisotopic (exact) mass is 353 g/mol. The summed E-state index contributed by atoms with van der Waals surface area (Å²) < 4.78 is 0. The quantitative estimate of drug-likeness (QED) is 0.858. The van der Waals surface area contributed by atoms with Gasteiger partial charge in [0.2, 0.25) is 5.91 Å². The first-order chi connectivity index (χ1) is 12.7. The molecule has 1 fully saturated rings. The molecule has 1 unspecified atom stereocenters. The predicted molar refractivity (Wildman–Crippen MR) is 97.9 cm³/mol. The maximum Gasteiger partial charge on any atom is 0.257 e. The Balaban J connectivity index is 1.43. The van der Waals surface area contributed by atoms with Gasteiger partial charge in [-0.1, -0.05) is 18.2 Å². The third-order valence-electron chi connectivity index (χ3n) is 5.27. The van der Waals surface area contributed by atoms with E-state index in [1.165, 1.54) is 5.56 Å². The summed E-state index contributed by atoms with van der Waals surface area (Å²) in [5.74, 6) is 0.0582. The van der Waals surface area contributed by atoms with Crippen molar-refractivity contribution in [2.45, 2.75) is 25.3 Å². The number of benzene rings is 1. The third kappa shape index (κ3) is 3.35. The lowest BCUT2D eigenvalue weighted by Crippen LogP contribution is -2.45. The molecule has 0 radical (unpaired) electrons. The molecule has 0 aliphatic carbocycles. The highest BCUT2D eigenvalue weighted by Crippen LogP contribution is 2.24. The molecule has 1 atom stereocenters. The summed E-state index contributed by atoms with van der Waals surface area (Å²) in [6, 6.07) is 7.85. The highest BCUT2D eigenvalue weighted by atomic mass is 16.2. The molecule has 7 heteroatoms. The maximum absolute atomic E-state index is 12.7. The van der Waals surface area contributed by atoms with E-state index < -0.39 is 0 Å². The highest BCUT2D eigenvalue weighted by molar-refractivity contribution is 5.96. The Bertz CT molecular complexity index is 789. The number of carbonyl (C=O) groups excluding carboxylic acids is 2. The van der Waals surface area contributed by atoms with E-state index >= 15 is 0 Å². The molecule has 0 saturated carbocycles. The van der Waals surface area contributed by atoms with Gasteiger partial charge >= 0.3 is 0 Å². The SMILES string of the molecule is O=C1Nc2ccccc2CCC1N1CCCN(C(=O)c2cn[nH]c2)CC1. The first-order valence-electron chi connectivity index (χ1n) is 9.13. The molecule has 2 aliphatic rings. The molecule has 1 aromatic heterocycles. The molecule has 4 rings (SSSR count). The average molecular weight is 353 g/mol. The molecule has 2 N–H and O–H groups in total. The molecule has 1 saturated heterocycles. The molecule has 1 aromatic carbocycles. The number of rotatable bonds is 2. The van der Waals surface area contributed by atoms with Crippen LogP contribution in [0.1, 0.15) is 28.8 Å². The van der Waals surface area contributed by atoms with Gasteiger partial charge in [-0.3, -0.25) is 19.6 Å². The van der Waals surface area contributed by atoms with E-state index in [1.54, 1.807) is 12.4 Å². The summed E-state index contributed by atoms with van der Waals surface area (Å²) in [5, 5.41) is 9.61. The number of aromatic amines is 1. The number of anilines is 1. The Labute approximate surface area is 152 Å². The van der Waals surface area contributed by atoms with Crippen molar-refractivity contribution in [2.24, 2.45) is 0 Å². The van der Waals surface area contributed by atoms with E-state index in [4.69, 9.17) is 0 Å². The molecule has 2 amide bonds. The normalized spacial score (nSPS) is 21.5. The number of fused-ring (bicyclic) bond motifs is 1. The van der Waals surface area contributed by atoms with Crippen molar-refractivity contribution in [1.29, 1.82) is 0 Å². The zero-order chi connectivity index (χ0) is 17.9. The van der Waals surface area contributed by atoms with Crippen molar-refractivity contribution in [3.8, 4) is 0 Å². The van der Waals surface area contributed by atoms with Crippen molar-refractivity contribution in [3.05, 3.63) is 47.8 Å². The smallest absolute Gasteiger partial charge is 0.257 e. The van der Waals surface area contributed by atoms with Gasteiger partial charge in [-0.15, -0.1) is 0 Å². The lowest BCUT2D eigenvalue weighted by Gasteiger charge is -2.28. The molecular formula is C19H23N5O2. The number of nitrogens with one attached hydrogen (secondary N) is 2. The van der Waals surface area contributed by atoms with Crippen LogP contribution >= 0.6 is 0 Å². The van der Waals surface area contributed by atoms with Crippen LogP contribution in [0.2, 0.25) is 0 Å². The second-order valence-electron chi connectivity index (χ2n) is 6.87. The molecule has 2 aromatic rings. The molecule has 3 heterocycles. The van der Waals surface area contributed by atoms with Crippen LogP contribution in [0.15, 0.2) is 36.7 Å². The number of aryl methyl sites for hydroxylation is 1. The van der Waals surface area contributed by atoms with Gasteiger partial charge in [0.25, 0.3) is 5.91 Å². The Morgan fingerprint density at radius 1 is 1.15 bits per heavy atom. The van der Waals surface area contributed by atoms with Gasteiger partial charge in [-0.25, -0.2) is 0 Å². The van der Waals surface area contributed by atoms with Gasteiger partial charge in [-0.05, 0) is 30.9 Å². The van der Waals surface area contributed by atoms with Crippen LogP contribution in [0, 0.1) is 0 Å². The highest BCUT2D eigenvalue weighted by Gasteiger charge is 2.31. The van der Waals surface area contributed by atoms with E-state index in [1.807, 2.05) is 23.1 Å². The number of aromatic nitrogens is 2. The van der Waals surface area contributed by atoms with Crippen LogP contribution in [0.4, 0.5) is 5.69 Å². The van der Waals surface area contributed by atoms with Crippen LogP contribution in [-0.2, 0) is 11.2 Å². The van der Waals surface area contributed by atoms with E-state index in [-0.39, 0.29) is 17.9 Å². The fourth-order valence-electron chi connectivity index (χ4n) is 3.85. The van der Waals surface area contributed by atoms with Crippen molar-refractivity contribution < 1.29 is 9.59 Å². The standard InChI is InChI=1S/C19H23N5O2/c25-18-17(7-6-14-4-1-2-5-16(14)22-18)23-8-3-9-24(11-10-23)19(26)15-12-20-21-13-15/h1-2,4-5,12-13,17H,3,6-11H2,(H,20,21)(H,22,25). The lowest BCUT2D eigenvalue weighted by molar-refractivity contribution is -0.121. The van der Waals surface area contributed by atoms with Crippen LogP contribution in [0.5, 0.6) is 0 Å². The van der Waals surface area contributed by atoms with Gasteiger partial charge in [0.1, 0.15) is 0 Å². The molecule has 0 bridgehead atoms. The van der Waals surface area contributed by atoms with Crippen molar-refractivity contribution in [3.63, 3.8) is 0 Å². The van der Waals surface area contributed by atoms with Gasteiger partial charge in [0.05, 0.1) is 17.8 Å². The van der Waals surface area contributed by atoms with Crippen molar-refractivity contribution >= 4 is 17.5 Å². The Hall–Kier alpha value is -2.67. The van der Waals surface area contributed by atoms with Gasteiger partial charge in [0, 0.05) is 38.1 Å². The fraction of sp³-hybridized carbons (Fsp3) is 0.421. The summed E-state index contributed by atoms with van der Waals surface area (Å²) >= 11 is 0. The second-order valence-corrected chi connectivity index (χ2v) is 6.87. The Morgan fingerprint density at radius 3 is 2.88 bits per heavy atom. The van der Waals surface area contributed by atoms with Crippen LogP contribution < -0.4 is 5.32 Å². The second kappa shape index (κ2) is 7.29. The number of H-pyrrole nitrogens is 1. The van der Waals surface area contributed by atoms with Crippen LogP contribution in [-0.4, -0.2) is 64.0 Å². The van der Waals surface area contributed by atoms with Crippen molar-refractivity contribution in [1.82, 2.24) is 20.0 Å². The van der Waals surface area contributed by atoms with Gasteiger partial charge in [0.15, 0.2) is 0 Å². The number of hydrogen-bond acceptors (Lipinski definition) is 4. The number of amides is 2. The van der Waals surface area contributed by atoms with E-state index in [0.29, 0.717) is 25.2 Å². The predicted octanol–water partition coefficient (Wildman–Crippen LogP) is 1.51. The largest absolute Gasteiger partial charge is 0.337 e. The minimum absolute atomic E-state index is 0.00155. The van der Waals surface area contributed by atoms with E-state index in [0.717, 1.165) is 31.5 Å². The Morgan fingerprint density at radius 2 is 2.04 bits per heavy atom. The molecule has 7 nitrogen and oxygen atoms in total. The molecule has 0 spiro atoms. The molecule has 26 heavy (non-hydrogen) atoms. The third-order valence-corrected chi connectivity index (χ3v) is 5.27. The summed E-state index contributed by atoms with van der Waals surface area (Å²) in [4.78, 5) is 29.4. The topological polar surface area (TPSA) is 81.3 Å². The van der Waals surface area contributed by atoms with Gasteiger partial charge < -0.3 is 10.2 Å². The average Bonchev–Trinajstić information content (AvgIpc) is 3.00. The van der Waals surface area contributed by atoms with Crippen LogP contribution in [0.25, 0.3) is 0 Å². The lowest BCUT2D eigenvalue weighted by atomic mass is 10.0. The molecule has 2 aliphatic heterocycles. The Kier molecular flexibility index (Phi) is 4.71. The van der Waals surface area contributed by atoms with Crippen LogP contribution in [0.3, 0.4) is 0 Å². The number of nitrogens with zero attached hydrogens (tertiary/aromatic N) is 3. The fourth-order valence-corrected chi connectivity index (χ4v) is 3.85. The minimum atomic E-state index is -0.147. The summed E-state index contributed by atoms with van der Waals surface area (Å²) in [7, 11) is 0. The first kappa shape index (κ1) is 16.8. The zero-order valence-corrected chi connectivity index (χ0v) is 14.6. The molecular weight excluding hydrogens is 330 g/mol. The summed E-state index contributed by atoms with van der Waals surface area (Å²) in [5.41, 5.74) is 2.70. The number of para-hydroxylation sites is 1. The van der Waals surface area contributed by atoms with E-state index in [2.05, 4.69) is 26.5 Å². The maximum atomic E-state index is 12.7. The summed E-state index contributed by atoms with van der Waals surface area (Å²) in [6.45, 7) is 2.86. The van der Waals surface area contributed by atoms with E-state index in [9.17, 15) is 9.59 Å². The summed E-state index contributed by atoms with van der Waals surface area (Å²) in [6.07, 6.45) is 5.73. The van der Waals surface area contributed by atoms with Gasteiger partial charge in [-0.2, -0.15) is 5.10 Å². The first-order valence-corrected chi connectivity index (χ1v) is 9.13. The molecule has 136 valence electrons. The van der Waals surface area contributed by atoms with Crippen molar-refractivity contribution in [2.75, 3.05) is 31.5 Å². The zero-order valence-electron chi connectivity index (χ0n) is 14.6. The number of carbonyl (C=O) groups is 2.